The van der Waals surface area contributed by atoms with Gasteiger partial charge in [0, 0.05) is 37.2 Å². The zero-order valence-electron chi connectivity index (χ0n) is 17.0. The Hall–Kier alpha value is -2.37. The molecule has 1 saturated heterocycles. The Labute approximate surface area is 182 Å². The van der Waals surface area contributed by atoms with Gasteiger partial charge in [-0.3, -0.25) is 19.4 Å². The number of hydrogen-bond donors (Lipinski definition) is 0. The molecule has 2 aliphatic heterocycles. The number of halogens is 1. The number of rotatable bonds is 4. The molecule has 1 saturated carbocycles. The molecular formula is C24H26ClN3O2. The second kappa shape index (κ2) is 8.05. The van der Waals surface area contributed by atoms with Crippen molar-refractivity contribution in [2.75, 3.05) is 31.1 Å². The van der Waals surface area contributed by atoms with Crippen molar-refractivity contribution in [1.82, 2.24) is 9.80 Å². The van der Waals surface area contributed by atoms with Crippen LogP contribution in [0.2, 0.25) is 5.02 Å². The molecule has 0 unspecified atom stereocenters. The molecule has 0 bridgehead atoms. The number of piperazine rings is 1. The molecule has 1 aliphatic carbocycles. The highest BCUT2D eigenvalue weighted by molar-refractivity contribution is 6.31. The van der Waals surface area contributed by atoms with Crippen molar-refractivity contribution >= 4 is 29.1 Å². The van der Waals surface area contributed by atoms with E-state index in [4.69, 9.17) is 11.6 Å². The first-order valence-electron chi connectivity index (χ1n) is 10.8. The van der Waals surface area contributed by atoms with Gasteiger partial charge in [0.2, 0.25) is 0 Å². The fraction of sp³-hybridized carbons (Fsp3) is 0.417. The van der Waals surface area contributed by atoms with Gasteiger partial charge in [-0.1, -0.05) is 48.7 Å². The van der Waals surface area contributed by atoms with Crippen molar-refractivity contribution in [3.05, 3.63) is 64.2 Å². The summed E-state index contributed by atoms with van der Waals surface area (Å²) in [6, 6.07) is 13.7. The number of benzene rings is 2. The van der Waals surface area contributed by atoms with Gasteiger partial charge in [0.15, 0.2) is 0 Å². The summed E-state index contributed by atoms with van der Waals surface area (Å²) in [5.41, 5.74) is 2.71. The number of fused-ring (bicyclic) bond motifs is 1. The minimum absolute atomic E-state index is 0.195. The summed E-state index contributed by atoms with van der Waals surface area (Å²) in [6.45, 7) is 4.00. The Morgan fingerprint density at radius 1 is 0.867 bits per heavy atom. The van der Waals surface area contributed by atoms with E-state index in [-0.39, 0.29) is 18.4 Å². The van der Waals surface area contributed by atoms with Crippen LogP contribution in [0.4, 0.5) is 5.69 Å². The molecule has 0 spiro atoms. The van der Waals surface area contributed by atoms with Crippen molar-refractivity contribution in [1.29, 1.82) is 0 Å². The SMILES string of the molecule is O=C1c2cccc(N3CCN(C4CCCC4)CC3)c2C(=O)N1Cc1ccccc1Cl. The summed E-state index contributed by atoms with van der Waals surface area (Å²) in [7, 11) is 0. The van der Waals surface area contributed by atoms with E-state index >= 15 is 0 Å². The summed E-state index contributed by atoms with van der Waals surface area (Å²) in [5.74, 6) is -0.454. The minimum Gasteiger partial charge on any atom is -0.368 e. The first kappa shape index (κ1) is 19.6. The molecule has 156 valence electrons. The van der Waals surface area contributed by atoms with Gasteiger partial charge in [-0.05, 0) is 36.6 Å². The summed E-state index contributed by atoms with van der Waals surface area (Å²) in [4.78, 5) is 32.5. The van der Waals surface area contributed by atoms with E-state index in [1.807, 2.05) is 30.3 Å². The summed E-state index contributed by atoms with van der Waals surface area (Å²) in [6.07, 6.45) is 5.30. The number of carbonyl (C=O) groups is 2. The van der Waals surface area contributed by atoms with Crippen LogP contribution in [0.25, 0.3) is 0 Å². The Morgan fingerprint density at radius 2 is 1.60 bits per heavy atom. The normalized spacial score (nSPS) is 20.3. The second-order valence-electron chi connectivity index (χ2n) is 8.45. The van der Waals surface area contributed by atoms with E-state index in [0.29, 0.717) is 16.1 Å². The van der Waals surface area contributed by atoms with Crippen molar-refractivity contribution in [2.45, 2.75) is 38.3 Å². The first-order valence-corrected chi connectivity index (χ1v) is 11.2. The molecule has 0 atom stereocenters. The van der Waals surface area contributed by atoms with E-state index in [1.165, 1.54) is 30.6 Å². The zero-order chi connectivity index (χ0) is 20.7. The summed E-state index contributed by atoms with van der Waals surface area (Å²) < 4.78 is 0. The molecular weight excluding hydrogens is 398 g/mol. The molecule has 0 radical (unpaired) electrons. The number of nitrogens with zero attached hydrogens (tertiary/aromatic N) is 3. The van der Waals surface area contributed by atoms with E-state index in [0.717, 1.165) is 43.5 Å². The first-order chi connectivity index (χ1) is 14.6. The number of imide groups is 1. The van der Waals surface area contributed by atoms with Crippen molar-refractivity contribution in [3.63, 3.8) is 0 Å². The molecule has 2 amide bonds. The Bertz CT molecular complexity index is 978. The Balaban J connectivity index is 1.37. The number of anilines is 1. The largest absolute Gasteiger partial charge is 0.368 e. The lowest BCUT2D eigenvalue weighted by Crippen LogP contribution is -2.50. The standard InChI is InChI=1S/C24H26ClN3O2/c25-20-10-4-1-6-17(20)16-28-23(29)19-9-5-11-21(22(19)24(28)30)27-14-12-26(13-15-27)18-7-2-3-8-18/h1,4-6,9-11,18H,2-3,7-8,12-16H2. The molecule has 3 aliphatic rings. The minimum atomic E-state index is -0.235. The zero-order valence-corrected chi connectivity index (χ0v) is 17.8. The summed E-state index contributed by atoms with van der Waals surface area (Å²) in [5, 5.41) is 0.567. The monoisotopic (exact) mass is 423 g/mol. The molecule has 2 aromatic rings. The number of carbonyl (C=O) groups excluding carboxylic acids is 2. The van der Waals surface area contributed by atoms with Gasteiger partial charge in [0.05, 0.1) is 23.4 Å². The third-order valence-electron chi connectivity index (χ3n) is 6.76. The van der Waals surface area contributed by atoms with Crippen molar-refractivity contribution < 1.29 is 9.59 Å². The van der Waals surface area contributed by atoms with E-state index < -0.39 is 0 Å². The highest BCUT2D eigenvalue weighted by atomic mass is 35.5. The molecule has 0 aromatic heterocycles. The lowest BCUT2D eigenvalue weighted by molar-refractivity contribution is 0.0642. The maximum atomic E-state index is 13.3. The fourth-order valence-electron chi connectivity index (χ4n) is 5.12. The maximum absolute atomic E-state index is 13.3. The van der Waals surface area contributed by atoms with Crippen LogP contribution >= 0.6 is 11.6 Å². The maximum Gasteiger partial charge on any atom is 0.263 e. The highest BCUT2D eigenvalue weighted by Gasteiger charge is 2.39. The van der Waals surface area contributed by atoms with Crippen molar-refractivity contribution in [2.24, 2.45) is 0 Å². The van der Waals surface area contributed by atoms with Gasteiger partial charge in [-0.25, -0.2) is 0 Å². The lowest BCUT2D eigenvalue weighted by atomic mass is 10.1. The van der Waals surface area contributed by atoms with Crippen LogP contribution in [0.1, 0.15) is 52.0 Å². The predicted octanol–water partition coefficient (Wildman–Crippen LogP) is 4.20. The van der Waals surface area contributed by atoms with E-state index in [2.05, 4.69) is 9.80 Å². The van der Waals surface area contributed by atoms with Crippen LogP contribution in [0, 0.1) is 0 Å². The van der Waals surface area contributed by atoms with Crippen LogP contribution in [-0.4, -0.2) is 53.8 Å². The second-order valence-corrected chi connectivity index (χ2v) is 8.86. The third-order valence-corrected chi connectivity index (χ3v) is 7.13. The smallest absolute Gasteiger partial charge is 0.263 e. The third kappa shape index (κ3) is 3.40. The van der Waals surface area contributed by atoms with Gasteiger partial charge >= 0.3 is 0 Å². The van der Waals surface area contributed by atoms with Crippen LogP contribution in [-0.2, 0) is 6.54 Å². The predicted molar refractivity (Wildman–Crippen MR) is 118 cm³/mol. The van der Waals surface area contributed by atoms with Gasteiger partial charge in [0.1, 0.15) is 0 Å². The molecule has 2 aromatic carbocycles. The van der Waals surface area contributed by atoms with Crippen molar-refractivity contribution in [3.8, 4) is 0 Å². The van der Waals surface area contributed by atoms with Gasteiger partial charge in [0.25, 0.3) is 11.8 Å². The van der Waals surface area contributed by atoms with Gasteiger partial charge in [-0.2, -0.15) is 0 Å². The van der Waals surface area contributed by atoms with Gasteiger partial charge in [-0.15, -0.1) is 0 Å². The van der Waals surface area contributed by atoms with Crippen LogP contribution in [0.15, 0.2) is 42.5 Å². The molecule has 2 fully saturated rings. The molecule has 6 heteroatoms. The topological polar surface area (TPSA) is 43.9 Å². The quantitative estimate of drug-likeness (QED) is 0.691. The average molecular weight is 424 g/mol. The van der Waals surface area contributed by atoms with Gasteiger partial charge < -0.3 is 4.90 Å². The fourth-order valence-corrected chi connectivity index (χ4v) is 5.31. The van der Waals surface area contributed by atoms with E-state index in [9.17, 15) is 9.59 Å². The Morgan fingerprint density at radius 3 is 2.33 bits per heavy atom. The van der Waals surface area contributed by atoms with Crippen LogP contribution in [0.3, 0.4) is 0 Å². The van der Waals surface area contributed by atoms with Crippen LogP contribution in [0.5, 0.6) is 0 Å². The molecule has 30 heavy (non-hydrogen) atoms. The molecule has 2 heterocycles. The molecule has 5 nitrogen and oxygen atoms in total. The lowest BCUT2D eigenvalue weighted by Gasteiger charge is -2.39. The van der Waals surface area contributed by atoms with E-state index in [1.54, 1.807) is 12.1 Å². The molecule has 0 N–H and O–H groups in total. The molecule has 5 rings (SSSR count). The highest BCUT2D eigenvalue weighted by Crippen LogP contribution is 2.34. The number of hydrogen-bond acceptors (Lipinski definition) is 4. The Kier molecular flexibility index (Phi) is 5.25. The number of amides is 2. The average Bonchev–Trinajstić information content (AvgIpc) is 3.39. The summed E-state index contributed by atoms with van der Waals surface area (Å²) >= 11 is 6.27. The van der Waals surface area contributed by atoms with Crippen LogP contribution < -0.4 is 4.90 Å².